The van der Waals surface area contributed by atoms with Gasteiger partial charge < -0.3 is 9.47 Å². The number of aryl methyl sites for hydroxylation is 1. The zero-order chi connectivity index (χ0) is 18.9. The summed E-state index contributed by atoms with van der Waals surface area (Å²) in [5.41, 5.74) is 4.06. The van der Waals surface area contributed by atoms with Gasteiger partial charge in [0.2, 0.25) is 5.88 Å². The van der Waals surface area contributed by atoms with E-state index in [0.717, 1.165) is 46.1 Å². The maximum Gasteiger partial charge on any atom is 0.219 e. The Morgan fingerprint density at radius 3 is 2.82 bits per heavy atom. The summed E-state index contributed by atoms with van der Waals surface area (Å²) in [6.07, 6.45) is 10.6. The van der Waals surface area contributed by atoms with E-state index in [-0.39, 0.29) is 0 Å². The van der Waals surface area contributed by atoms with Gasteiger partial charge in [0.25, 0.3) is 0 Å². The monoisotopic (exact) mass is 372 g/mol. The largest absolute Gasteiger partial charge is 0.493 e. The molecule has 0 aliphatic carbocycles. The van der Waals surface area contributed by atoms with Gasteiger partial charge in [-0.15, -0.1) is 0 Å². The normalized spacial score (nSPS) is 15.0. The van der Waals surface area contributed by atoms with Gasteiger partial charge in [0, 0.05) is 30.8 Å². The van der Waals surface area contributed by atoms with Crippen molar-refractivity contribution in [1.29, 1.82) is 0 Å². The molecule has 1 aliphatic rings. The zero-order valence-corrected chi connectivity index (χ0v) is 15.6. The quantitative estimate of drug-likeness (QED) is 0.467. The molecule has 0 saturated heterocycles. The van der Waals surface area contributed by atoms with Crippen LogP contribution in [0, 0.1) is 0 Å². The average Bonchev–Trinajstić information content (AvgIpc) is 3.29. The van der Waals surface area contributed by atoms with Crippen molar-refractivity contribution in [3.8, 4) is 22.8 Å². The zero-order valence-electron chi connectivity index (χ0n) is 15.6. The minimum Gasteiger partial charge on any atom is -0.493 e. The Morgan fingerprint density at radius 2 is 1.86 bits per heavy atom. The number of nitrogens with zero attached hydrogens (tertiary/aromatic N) is 4. The molecule has 0 spiro atoms. The number of fused-ring (bicyclic) bond motifs is 4. The van der Waals surface area contributed by atoms with Gasteiger partial charge in [-0.2, -0.15) is 5.10 Å². The van der Waals surface area contributed by atoms with Gasteiger partial charge in [0.1, 0.15) is 11.6 Å². The van der Waals surface area contributed by atoms with Crippen LogP contribution < -0.4 is 9.47 Å². The molecule has 0 N–H and O–H groups in total. The molecule has 0 unspecified atom stereocenters. The molecule has 3 aromatic heterocycles. The molecular weight excluding hydrogens is 352 g/mol. The van der Waals surface area contributed by atoms with E-state index < -0.39 is 0 Å². The summed E-state index contributed by atoms with van der Waals surface area (Å²) >= 11 is 0. The number of pyridine rings is 1. The van der Waals surface area contributed by atoms with Crippen LogP contribution in [-0.2, 0) is 7.05 Å². The lowest BCUT2D eigenvalue weighted by Crippen LogP contribution is -2.08. The molecule has 1 aliphatic heterocycles. The summed E-state index contributed by atoms with van der Waals surface area (Å²) in [4.78, 5) is 4.56. The van der Waals surface area contributed by atoms with Crippen LogP contribution in [0.5, 0.6) is 11.6 Å². The highest BCUT2D eigenvalue weighted by Crippen LogP contribution is 2.30. The molecule has 0 radical (unpaired) electrons. The number of aromatic nitrogens is 4. The molecule has 140 valence electrons. The van der Waals surface area contributed by atoms with E-state index >= 15 is 0 Å². The van der Waals surface area contributed by atoms with E-state index in [4.69, 9.17) is 9.47 Å². The smallest absolute Gasteiger partial charge is 0.219 e. The first kappa shape index (κ1) is 16.6. The highest BCUT2D eigenvalue weighted by molar-refractivity contribution is 5.74. The molecule has 4 aromatic rings. The van der Waals surface area contributed by atoms with Crippen molar-refractivity contribution >= 4 is 17.7 Å². The second-order valence-electron chi connectivity index (χ2n) is 6.74. The molecule has 1 aromatic carbocycles. The first-order valence-corrected chi connectivity index (χ1v) is 9.32. The molecule has 0 amide bonds. The van der Waals surface area contributed by atoms with Gasteiger partial charge in [-0.25, -0.2) is 9.67 Å². The molecule has 0 saturated carbocycles. The second-order valence-corrected chi connectivity index (χ2v) is 6.74. The fourth-order valence-corrected chi connectivity index (χ4v) is 3.41. The van der Waals surface area contributed by atoms with Crippen molar-refractivity contribution in [2.75, 3.05) is 13.2 Å². The Bertz CT molecular complexity index is 1170. The van der Waals surface area contributed by atoms with Crippen LogP contribution in [0.3, 0.4) is 0 Å². The van der Waals surface area contributed by atoms with E-state index in [1.807, 2.05) is 55.9 Å². The summed E-state index contributed by atoms with van der Waals surface area (Å²) in [7, 11) is 1.89. The Kier molecular flexibility index (Phi) is 4.09. The lowest BCUT2D eigenvalue weighted by molar-refractivity contribution is 0.236. The van der Waals surface area contributed by atoms with Crippen LogP contribution in [0.1, 0.15) is 17.8 Å². The van der Waals surface area contributed by atoms with E-state index in [9.17, 15) is 0 Å². The molecule has 4 heterocycles. The minimum absolute atomic E-state index is 0.559. The Morgan fingerprint density at radius 1 is 0.964 bits per heavy atom. The molecule has 6 nitrogen and oxygen atoms in total. The first-order chi connectivity index (χ1) is 13.8. The minimum atomic E-state index is 0.559. The Labute approximate surface area is 162 Å². The maximum atomic E-state index is 6.05. The maximum absolute atomic E-state index is 6.05. The van der Waals surface area contributed by atoms with Crippen molar-refractivity contribution in [2.24, 2.45) is 7.05 Å². The van der Waals surface area contributed by atoms with Crippen molar-refractivity contribution in [3.05, 3.63) is 66.4 Å². The number of hydrogen-bond acceptors (Lipinski definition) is 4. The number of ether oxygens (including phenoxy) is 2. The summed E-state index contributed by atoms with van der Waals surface area (Å²) in [6.45, 7) is 1.14. The number of para-hydroxylation sites is 1. The molecule has 2 bridgehead atoms. The fraction of sp³-hybridized carbons (Fsp3) is 0.182. The van der Waals surface area contributed by atoms with Crippen LogP contribution in [0.25, 0.3) is 28.8 Å². The highest BCUT2D eigenvalue weighted by atomic mass is 16.5. The lowest BCUT2D eigenvalue weighted by atomic mass is 10.1. The summed E-state index contributed by atoms with van der Waals surface area (Å²) in [6, 6.07) is 12.2. The number of hydrogen-bond donors (Lipinski definition) is 0. The van der Waals surface area contributed by atoms with Crippen molar-refractivity contribution in [1.82, 2.24) is 19.2 Å². The fourth-order valence-electron chi connectivity index (χ4n) is 3.41. The number of imidazole rings is 1. The first-order valence-electron chi connectivity index (χ1n) is 9.32. The van der Waals surface area contributed by atoms with Gasteiger partial charge in [0.05, 0.1) is 36.7 Å². The van der Waals surface area contributed by atoms with Gasteiger partial charge in [-0.1, -0.05) is 24.3 Å². The lowest BCUT2D eigenvalue weighted by Gasteiger charge is -2.11. The summed E-state index contributed by atoms with van der Waals surface area (Å²) < 4.78 is 15.9. The third kappa shape index (κ3) is 2.93. The third-order valence-electron chi connectivity index (χ3n) is 4.87. The van der Waals surface area contributed by atoms with Crippen LogP contribution >= 0.6 is 0 Å². The Hall–Kier alpha value is -3.54. The van der Waals surface area contributed by atoms with E-state index in [2.05, 4.69) is 32.8 Å². The molecule has 0 atom stereocenters. The predicted octanol–water partition coefficient (Wildman–Crippen LogP) is 4.07. The van der Waals surface area contributed by atoms with Gasteiger partial charge in [-0.05, 0) is 24.3 Å². The highest BCUT2D eigenvalue weighted by Gasteiger charge is 2.14. The van der Waals surface area contributed by atoms with Crippen molar-refractivity contribution in [3.63, 3.8) is 0 Å². The van der Waals surface area contributed by atoms with E-state index in [1.165, 1.54) is 0 Å². The SMILES string of the molecule is Cn1ncc2c1OCCCOc1ccccc1/C=C/c1ncc3ccc-2cn13. The molecule has 5 rings (SSSR count). The molecular formula is C22H20N4O2. The van der Waals surface area contributed by atoms with Crippen LogP contribution in [0.15, 0.2) is 55.0 Å². The Balaban J connectivity index is 1.66. The summed E-state index contributed by atoms with van der Waals surface area (Å²) in [5, 5.41) is 4.38. The van der Waals surface area contributed by atoms with Gasteiger partial charge in [-0.3, -0.25) is 4.40 Å². The third-order valence-corrected chi connectivity index (χ3v) is 4.87. The second kappa shape index (κ2) is 6.88. The molecule has 6 heteroatoms. The predicted molar refractivity (Wildman–Crippen MR) is 108 cm³/mol. The topological polar surface area (TPSA) is 53.6 Å². The van der Waals surface area contributed by atoms with Crippen LogP contribution in [0.2, 0.25) is 0 Å². The van der Waals surface area contributed by atoms with Crippen molar-refractivity contribution < 1.29 is 9.47 Å². The summed E-state index contributed by atoms with van der Waals surface area (Å²) in [5.74, 6) is 2.47. The molecule has 28 heavy (non-hydrogen) atoms. The van der Waals surface area contributed by atoms with Crippen molar-refractivity contribution in [2.45, 2.75) is 6.42 Å². The average molecular weight is 372 g/mol. The van der Waals surface area contributed by atoms with E-state index in [0.29, 0.717) is 13.2 Å². The number of benzene rings is 1. The van der Waals surface area contributed by atoms with E-state index in [1.54, 1.807) is 4.68 Å². The van der Waals surface area contributed by atoms with Crippen LogP contribution in [-0.4, -0.2) is 32.4 Å². The van der Waals surface area contributed by atoms with Crippen LogP contribution in [0.4, 0.5) is 0 Å². The standard InChI is InChI=1S/C22H20N4O2/c1-25-22-19(14-24-25)17-7-9-18-13-23-21(26(18)15-17)10-8-16-5-2-3-6-20(16)27-11-4-12-28-22/h2-3,5-10,13-15H,4,11-12H2,1H3/b10-8+. The number of rotatable bonds is 0. The van der Waals surface area contributed by atoms with Gasteiger partial charge in [0.15, 0.2) is 0 Å². The van der Waals surface area contributed by atoms with Gasteiger partial charge >= 0.3 is 0 Å². The molecule has 0 fully saturated rings.